The molecule has 1 N–H and O–H groups in total. The predicted molar refractivity (Wildman–Crippen MR) is 77.5 cm³/mol. The Morgan fingerprint density at radius 1 is 1.11 bits per heavy atom. The van der Waals surface area contributed by atoms with Gasteiger partial charge in [-0.05, 0) is 56.4 Å². The number of aromatic nitrogens is 1. The quantitative estimate of drug-likeness (QED) is 0.834. The van der Waals surface area contributed by atoms with Gasteiger partial charge < -0.3 is 9.88 Å². The van der Waals surface area contributed by atoms with Crippen LogP contribution in [0.1, 0.15) is 40.9 Å². The molecule has 100 valence electrons. The summed E-state index contributed by atoms with van der Waals surface area (Å²) in [6.45, 7) is 5.97. The minimum Gasteiger partial charge on any atom is -0.351 e. The second kappa shape index (κ2) is 4.72. The summed E-state index contributed by atoms with van der Waals surface area (Å²) in [5.74, 6) is 0.146. The van der Waals surface area contributed by atoms with Crippen LogP contribution in [0.15, 0.2) is 18.2 Å². The summed E-state index contributed by atoms with van der Waals surface area (Å²) in [4.78, 5) is 17.7. The van der Waals surface area contributed by atoms with E-state index in [4.69, 9.17) is 0 Å². The molecule has 0 saturated carbocycles. The van der Waals surface area contributed by atoms with Crippen LogP contribution in [0.2, 0.25) is 0 Å². The highest BCUT2D eigenvalue weighted by molar-refractivity contribution is 5.99. The largest absolute Gasteiger partial charge is 0.351 e. The maximum Gasteiger partial charge on any atom is 0.270 e. The van der Waals surface area contributed by atoms with Crippen molar-refractivity contribution in [2.75, 3.05) is 13.1 Å². The number of nitrogens with zero attached hydrogens (tertiary/aromatic N) is 1. The Balaban J connectivity index is 1.96. The average Bonchev–Trinajstić information content (AvgIpc) is 2.83. The second-order valence-corrected chi connectivity index (χ2v) is 5.58. The fourth-order valence-corrected chi connectivity index (χ4v) is 2.98. The first kappa shape index (κ1) is 12.3. The molecule has 1 aliphatic rings. The molecule has 3 rings (SSSR count). The van der Waals surface area contributed by atoms with Crippen molar-refractivity contribution in [1.29, 1.82) is 0 Å². The number of fused-ring (bicyclic) bond motifs is 1. The molecule has 2 aromatic rings. The van der Waals surface area contributed by atoms with E-state index in [9.17, 15) is 4.79 Å². The van der Waals surface area contributed by atoms with Crippen LogP contribution < -0.4 is 0 Å². The number of hydrogen-bond acceptors (Lipinski definition) is 1. The zero-order chi connectivity index (χ0) is 13.4. The first-order valence-electron chi connectivity index (χ1n) is 7.04. The molecule has 0 aliphatic carbocycles. The number of hydrogen-bond donors (Lipinski definition) is 1. The molecule has 1 aromatic heterocycles. The van der Waals surface area contributed by atoms with E-state index in [0.29, 0.717) is 0 Å². The number of carbonyl (C=O) groups excluding carboxylic acids is 1. The molecule has 1 amide bonds. The maximum atomic E-state index is 12.5. The standard InChI is InChI=1S/C16H20N2O/c1-11-8-12(2)13-10-15(17-14(13)9-11)16(19)18-6-4-3-5-7-18/h8-10,17H,3-7H2,1-2H3. The van der Waals surface area contributed by atoms with Crippen molar-refractivity contribution in [1.82, 2.24) is 9.88 Å². The highest BCUT2D eigenvalue weighted by Crippen LogP contribution is 2.23. The zero-order valence-corrected chi connectivity index (χ0v) is 11.6. The highest BCUT2D eigenvalue weighted by atomic mass is 16.2. The second-order valence-electron chi connectivity index (χ2n) is 5.58. The summed E-state index contributed by atoms with van der Waals surface area (Å²) in [6, 6.07) is 6.27. The van der Waals surface area contributed by atoms with Gasteiger partial charge in [0.25, 0.3) is 5.91 Å². The number of likely N-dealkylation sites (tertiary alicyclic amines) is 1. The van der Waals surface area contributed by atoms with Crippen molar-refractivity contribution in [3.63, 3.8) is 0 Å². The molecule has 0 unspecified atom stereocenters. The van der Waals surface area contributed by atoms with Crippen molar-refractivity contribution in [3.05, 3.63) is 35.0 Å². The number of nitrogens with one attached hydrogen (secondary N) is 1. The summed E-state index contributed by atoms with van der Waals surface area (Å²) in [5, 5.41) is 1.16. The summed E-state index contributed by atoms with van der Waals surface area (Å²) in [7, 11) is 0. The molecule has 2 heterocycles. The molecule has 0 atom stereocenters. The first-order chi connectivity index (χ1) is 9.15. The lowest BCUT2D eigenvalue weighted by Gasteiger charge is -2.26. The van der Waals surface area contributed by atoms with Crippen LogP contribution in [0.4, 0.5) is 0 Å². The van der Waals surface area contributed by atoms with Gasteiger partial charge in [-0.2, -0.15) is 0 Å². The summed E-state index contributed by atoms with van der Waals surface area (Å²) < 4.78 is 0. The number of aromatic amines is 1. The number of H-pyrrole nitrogens is 1. The Morgan fingerprint density at radius 2 is 1.84 bits per heavy atom. The van der Waals surface area contributed by atoms with Crippen LogP contribution in [-0.2, 0) is 0 Å². The Bertz CT molecular complexity index is 621. The molecular weight excluding hydrogens is 236 g/mol. The van der Waals surface area contributed by atoms with E-state index < -0.39 is 0 Å². The van der Waals surface area contributed by atoms with Gasteiger partial charge in [0.1, 0.15) is 5.69 Å². The van der Waals surface area contributed by atoms with E-state index in [-0.39, 0.29) is 5.91 Å². The van der Waals surface area contributed by atoms with Gasteiger partial charge >= 0.3 is 0 Å². The van der Waals surface area contributed by atoms with E-state index >= 15 is 0 Å². The van der Waals surface area contributed by atoms with E-state index in [1.807, 2.05) is 11.0 Å². The minimum atomic E-state index is 0.146. The molecular formula is C16H20N2O. The molecule has 3 heteroatoms. The molecule has 3 nitrogen and oxygen atoms in total. The minimum absolute atomic E-state index is 0.146. The third kappa shape index (κ3) is 2.25. The number of rotatable bonds is 1. The molecule has 1 aromatic carbocycles. The van der Waals surface area contributed by atoms with Crippen molar-refractivity contribution >= 4 is 16.8 Å². The summed E-state index contributed by atoms with van der Waals surface area (Å²) in [5.41, 5.74) is 4.25. The van der Waals surface area contributed by atoms with Gasteiger partial charge in [0, 0.05) is 24.0 Å². The lowest BCUT2D eigenvalue weighted by Crippen LogP contribution is -2.35. The van der Waals surface area contributed by atoms with Crippen LogP contribution in [-0.4, -0.2) is 28.9 Å². The fourth-order valence-electron chi connectivity index (χ4n) is 2.98. The van der Waals surface area contributed by atoms with Crippen LogP contribution in [0.25, 0.3) is 10.9 Å². The Hall–Kier alpha value is -1.77. The van der Waals surface area contributed by atoms with Gasteiger partial charge in [0.05, 0.1) is 0 Å². The van der Waals surface area contributed by atoms with Gasteiger partial charge in [-0.3, -0.25) is 4.79 Å². The molecule has 0 bridgehead atoms. The van der Waals surface area contributed by atoms with Crippen molar-refractivity contribution in [3.8, 4) is 0 Å². The number of piperidine rings is 1. The maximum absolute atomic E-state index is 12.5. The van der Waals surface area contributed by atoms with E-state index in [1.165, 1.54) is 17.5 Å². The number of amides is 1. The van der Waals surface area contributed by atoms with Gasteiger partial charge in [-0.1, -0.05) is 6.07 Å². The molecule has 1 fully saturated rings. The van der Waals surface area contributed by atoms with Crippen LogP contribution in [0.3, 0.4) is 0 Å². The van der Waals surface area contributed by atoms with E-state index in [1.54, 1.807) is 0 Å². The zero-order valence-electron chi connectivity index (χ0n) is 11.6. The van der Waals surface area contributed by atoms with Crippen molar-refractivity contribution in [2.45, 2.75) is 33.1 Å². The van der Waals surface area contributed by atoms with Crippen LogP contribution in [0, 0.1) is 13.8 Å². The summed E-state index contributed by atoms with van der Waals surface area (Å²) >= 11 is 0. The highest BCUT2D eigenvalue weighted by Gasteiger charge is 2.20. The topological polar surface area (TPSA) is 36.1 Å². The molecule has 1 aliphatic heterocycles. The summed E-state index contributed by atoms with van der Waals surface area (Å²) in [6.07, 6.45) is 3.50. The molecule has 1 saturated heterocycles. The molecule has 0 spiro atoms. The fraction of sp³-hybridized carbons (Fsp3) is 0.438. The van der Waals surface area contributed by atoms with Gasteiger partial charge in [-0.15, -0.1) is 0 Å². The van der Waals surface area contributed by atoms with Gasteiger partial charge in [0.15, 0.2) is 0 Å². The number of aryl methyl sites for hydroxylation is 2. The SMILES string of the molecule is Cc1cc(C)c2cc(C(=O)N3CCCCC3)[nH]c2c1. The lowest BCUT2D eigenvalue weighted by atomic mass is 10.1. The smallest absolute Gasteiger partial charge is 0.270 e. The van der Waals surface area contributed by atoms with Crippen LogP contribution >= 0.6 is 0 Å². The number of carbonyl (C=O) groups is 1. The first-order valence-corrected chi connectivity index (χ1v) is 7.04. The van der Waals surface area contributed by atoms with Crippen molar-refractivity contribution in [2.24, 2.45) is 0 Å². The van der Waals surface area contributed by atoms with Crippen LogP contribution in [0.5, 0.6) is 0 Å². The molecule has 19 heavy (non-hydrogen) atoms. The lowest BCUT2D eigenvalue weighted by molar-refractivity contribution is 0.0719. The third-order valence-corrected chi connectivity index (χ3v) is 3.96. The van der Waals surface area contributed by atoms with Gasteiger partial charge in [-0.25, -0.2) is 0 Å². The van der Waals surface area contributed by atoms with E-state index in [0.717, 1.165) is 42.5 Å². The predicted octanol–water partition coefficient (Wildman–Crippen LogP) is 3.41. The van der Waals surface area contributed by atoms with E-state index in [2.05, 4.69) is 31.0 Å². The van der Waals surface area contributed by atoms with Gasteiger partial charge in [0.2, 0.25) is 0 Å². The average molecular weight is 256 g/mol. The number of benzene rings is 1. The Labute approximate surface area is 113 Å². The van der Waals surface area contributed by atoms with Crippen molar-refractivity contribution < 1.29 is 4.79 Å². The molecule has 0 radical (unpaired) electrons. The normalized spacial score (nSPS) is 16.0. The Kier molecular flexibility index (Phi) is 3.05. The Morgan fingerprint density at radius 3 is 2.58 bits per heavy atom. The monoisotopic (exact) mass is 256 g/mol. The third-order valence-electron chi connectivity index (χ3n) is 3.96.